The molecule has 1 heterocycles. The Labute approximate surface area is 148 Å². The highest BCUT2D eigenvalue weighted by Crippen LogP contribution is 2.20. The molecular weight excluding hydrogens is 336 g/mol. The van der Waals surface area contributed by atoms with Crippen molar-refractivity contribution < 1.29 is 9.72 Å². The standard InChI is InChI=1S/C17H16N6O3/c1-11-4-3-5-12(2)16(11)18-15(24)10-22-20-17(19-21-22)13-6-8-14(9-7-13)23(25)26/h3-9H,10H2,1-2H3,(H,18,24). The Hall–Kier alpha value is -3.62. The van der Waals surface area contributed by atoms with Gasteiger partial charge in [-0.2, -0.15) is 4.80 Å². The molecule has 0 fully saturated rings. The second kappa shape index (κ2) is 7.09. The number of hydrogen-bond donors (Lipinski definition) is 1. The van der Waals surface area contributed by atoms with Crippen LogP contribution in [0.25, 0.3) is 11.4 Å². The lowest BCUT2D eigenvalue weighted by molar-refractivity contribution is -0.384. The van der Waals surface area contributed by atoms with Crippen LogP contribution in [0.4, 0.5) is 11.4 Å². The number of nitro benzene ring substituents is 1. The predicted molar refractivity (Wildman–Crippen MR) is 94.5 cm³/mol. The Morgan fingerprint density at radius 2 is 1.81 bits per heavy atom. The van der Waals surface area contributed by atoms with E-state index in [0.29, 0.717) is 11.4 Å². The second-order valence-corrected chi connectivity index (χ2v) is 5.76. The average Bonchev–Trinajstić information content (AvgIpc) is 3.07. The maximum Gasteiger partial charge on any atom is 0.269 e. The summed E-state index contributed by atoms with van der Waals surface area (Å²) in [5.74, 6) is 0.0230. The number of carbonyl (C=O) groups is 1. The number of nitro groups is 1. The molecule has 0 saturated carbocycles. The van der Waals surface area contributed by atoms with E-state index in [9.17, 15) is 14.9 Å². The van der Waals surface area contributed by atoms with Gasteiger partial charge in [0.2, 0.25) is 11.7 Å². The molecule has 3 aromatic rings. The number of non-ortho nitro benzene ring substituents is 1. The third-order valence-electron chi connectivity index (χ3n) is 3.82. The van der Waals surface area contributed by atoms with Gasteiger partial charge < -0.3 is 5.32 Å². The van der Waals surface area contributed by atoms with Gasteiger partial charge in [-0.25, -0.2) is 0 Å². The van der Waals surface area contributed by atoms with Crippen molar-refractivity contribution in [3.63, 3.8) is 0 Å². The van der Waals surface area contributed by atoms with Crippen molar-refractivity contribution in [1.82, 2.24) is 20.2 Å². The van der Waals surface area contributed by atoms with E-state index in [1.165, 1.54) is 29.1 Å². The number of hydrogen-bond acceptors (Lipinski definition) is 6. The molecular formula is C17H16N6O3. The number of aromatic nitrogens is 4. The van der Waals surface area contributed by atoms with E-state index in [-0.39, 0.29) is 18.1 Å². The summed E-state index contributed by atoms with van der Waals surface area (Å²) in [5, 5.41) is 25.4. The van der Waals surface area contributed by atoms with Crippen molar-refractivity contribution in [3.8, 4) is 11.4 Å². The summed E-state index contributed by atoms with van der Waals surface area (Å²) in [7, 11) is 0. The largest absolute Gasteiger partial charge is 0.324 e. The van der Waals surface area contributed by atoms with Crippen molar-refractivity contribution in [3.05, 3.63) is 63.7 Å². The molecule has 132 valence electrons. The number of rotatable bonds is 5. The Balaban J connectivity index is 1.70. The summed E-state index contributed by atoms with van der Waals surface area (Å²) in [6.07, 6.45) is 0. The molecule has 9 nitrogen and oxygen atoms in total. The third kappa shape index (κ3) is 3.72. The van der Waals surface area contributed by atoms with Gasteiger partial charge in [0, 0.05) is 23.4 Å². The molecule has 0 saturated heterocycles. The normalized spacial score (nSPS) is 10.5. The van der Waals surface area contributed by atoms with Crippen molar-refractivity contribution in [2.24, 2.45) is 0 Å². The van der Waals surface area contributed by atoms with Crippen LogP contribution in [-0.2, 0) is 11.3 Å². The number of amides is 1. The van der Waals surface area contributed by atoms with Crippen molar-refractivity contribution in [2.45, 2.75) is 20.4 Å². The Bertz CT molecular complexity index is 945. The summed E-state index contributed by atoms with van der Waals surface area (Å²) in [6.45, 7) is 3.75. The molecule has 9 heteroatoms. The lowest BCUT2D eigenvalue weighted by Gasteiger charge is -2.10. The number of benzene rings is 2. The molecule has 0 aliphatic heterocycles. The molecule has 2 aromatic carbocycles. The van der Waals surface area contributed by atoms with Crippen molar-refractivity contribution in [1.29, 1.82) is 0 Å². The van der Waals surface area contributed by atoms with Gasteiger partial charge in [-0.3, -0.25) is 14.9 Å². The van der Waals surface area contributed by atoms with Crippen LogP contribution in [0.2, 0.25) is 0 Å². The SMILES string of the molecule is Cc1cccc(C)c1NC(=O)Cn1nnc(-c2ccc([N+](=O)[O-])cc2)n1. The number of carbonyl (C=O) groups excluding carboxylic acids is 1. The molecule has 0 aliphatic rings. The summed E-state index contributed by atoms with van der Waals surface area (Å²) in [6, 6.07) is 11.6. The highest BCUT2D eigenvalue weighted by Gasteiger charge is 2.12. The maximum atomic E-state index is 12.2. The number of tetrazole rings is 1. The molecule has 0 unspecified atom stereocenters. The van der Waals surface area contributed by atoms with Gasteiger partial charge in [-0.05, 0) is 42.3 Å². The van der Waals surface area contributed by atoms with E-state index in [0.717, 1.165) is 16.8 Å². The summed E-state index contributed by atoms with van der Waals surface area (Å²) < 4.78 is 0. The van der Waals surface area contributed by atoms with Crippen LogP contribution < -0.4 is 5.32 Å². The summed E-state index contributed by atoms with van der Waals surface area (Å²) >= 11 is 0. The fraction of sp³-hybridized carbons (Fsp3) is 0.176. The molecule has 1 amide bonds. The molecule has 0 aliphatic carbocycles. The van der Waals surface area contributed by atoms with E-state index in [1.54, 1.807) is 0 Å². The first-order valence-electron chi connectivity index (χ1n) is 7.83. The zero-order valence-electron chi connectivity index (χ0n) is 14.2. The predicted octanol–water partition coefficient (Wildman–Crippen LogP) is 2.50. The van der Waals surface area contributed by atoms with Gasteiger partial charge in [-0.15, -0.1) is 10.2 Å². The molecule has 0 bridgehead atoms. The molecule has 26 heavy (non-hydrogen) atoms. The van der Waals surface area contributed by atoms with Crippen LogP contribution in [0.15, 0.2) is 42.5 Å². The first-order chi connectivity index (χ1) is 12.4. The van der Waals surface area contributed by atoms with E-state index in [2.05, 4.69) is 20.7 Å². The number of para-hydroxylation sites is 1. The second-order valence-electron chi connectivity index (χ2n) is 5.76. The Morgan fingerprint density at radius 1 is 1.15 bits per heavy atom. The van der Waals surface area contributed by atoms with Crippen LogP contribution in [0.1, 0.15) is 11.1 Å². The van der Waals surface area contributed by atoms with Gasteiger partial charge in [0.05, 0.1) is 4.92 Å². The number of anilines is 1. The minimum absolute atomic E-state index is 0.0193. The van der Waals surface area contributed by atoms with Crippen LogP contribution in [0.5, 0.6) is 0 Å². The van der Waals surface area contributed by atoms with Crippen LogP contribution in [0.3, 0.4) is 0 Å². The molecule has 0 radical (unpaired) electrons. The summed E-state index contributed by atoms with van der Waals surface area (Å²) in [4.78, 5) is 23.6. The number of nitrogens with zero attached hydrogens (tertiary/aromatic N) is 5. The van der Waals surface area contributed by atoms with E-state index in [4.69, 9.17) is 0 Å². The third-order valence-corrected chi connectivity index (χ3v) is 3.82. The van der Waals surface area contributed by atoms with Crippen LogP contribution in [0, 0.1) is 24.0 Å². The Kier molecular flexibility index (Phi) is 4.70. The maximum absolute atomic E-state index is 12.2. The first kappa shape index (κ1) is 17.2. The lowest BCUT2D eigenvalue weighted by atomic mass is 10.1. The van der Waals surface area contributed by atoms with Crippen LogP contribution in [-0.4, -0.2) is 31.0 Å². The van der Waals surface area contributed by atoms with Crippen molar-refractivity contribution in [2.75, 3.05) is 5.32 Å². The first-order valence-corrected chi connectivity index (χ1v) is 7.83. The highest BCUT2D eigenvalue weighted by atomic mass is 16.6. The highest BCUT2D eigenvalue weighted by molar-refractivity contribution is 5.92. The molecule has 1 N–H and O–H groups in total. The smallest absolute Gasteiger partial charge is 0.269 e. The minimum atomic E-state index is -0.480. The topological polar surface area (TPSA) is 116 Å². The lowest BCUT2D eigenvalue weighted by Crippen LogP contribution is -2.21. The number of aryl methyl sites for hydroxylation is 2. The fourth-order valence-corrected chi connectivity index (χ4v) is 2.48. The zero-order chi connectivity index (χ0) is 18.7. The van der Waals surface area contributed by atoms with Crippen LogP contribution >= 0.6 is 0 Å². The molecule has 0 atom stereocenters. The van der Waals surface area contributed by atoms with Gasteiger partial charge in [-0.1, -0.05) is 18.2 Å². The van der Waals surface area contributed by atoms with Crippen molar-refractivity contribution >= 4 is 17.3 Å². The van der Waals surface area contributed by atoms with E-state index >= 15 is 0 Å². The Morgan fingerprint density at radius 3 is 2.42 bits per heavy atom. The molecule has 1 aromatic heterocycles. The monoisotopic (exact) mass is 352 g/mol. The minimum Gasteiger partial charge on any atom is -0.324 e. The fourth-order valence-electron chi connectivity index (χ4n) is 2.48. The zero-order valence-corrected chi connectivity index (χ0v) is 14.2. The van der Waals surface area contributed by atoms with E-state index < -0.39 is 4.92 Å². The average molecular weight is 352 g/mol. The quantitative estimate of drug-likeness (QED) is 0.557. The van der Waals surface area contributed by atoms with Gasteiger partial charge in [0.15, 0.2) is 0 Å². The van der Waals surface area contributed by atoms with Gasteiger partial charge in [0.25, 0.3) is 5.69 Å². The van der Waals surface area contributed by atoms with Gasteiger partial charge >= 0.3 is 0 Å². The van der Waals surface area contributed by atoms with Gasteiger partial charge in [0.1, 0.15) is 6.54 Å². The number of nitrogens with one attached hydrogen (secondary N) is 1. The molecule has 3 rings (SSSR count). The summed E-state index contributed by atoms with van der Waals surface area (Å²) in [5.41, 5.74) is 3.27. The molecule has 0 spiro atoms. The van der Waals surface area contributed by atoms with E-state index in [1.807, 2.05) is 32.0 Å².